The molecule has 18 heavy (non-hydrogen) atoms. The van der Waals surface area contributed by atoms with E-state index < -0.39 is 0 Å². The summed E-state index contributed by atoms with van der Waals surface area (Å²) in [6.07, 6.45) is 2.85. The summed E-state index contributed by atoms with van der Waals surface area (Å²) in [6.45, 7) is 6.98. The van der Waals surface area contributed by atoms with Crippen molar-refractivity contribution in [3.63, 3.8) is 0 Å². The second kappa shape index (κ2) is 5.25. The lowest BCUT2D eigenvalue weighted by Gasteiger charge is -2.27. The number of hydrogen-bond acceptors (Lipinski definition) is 1. The van der Waals surface area contributed by atoms with Gasteiger partial charge in [-0.1, -0.05) is 13.0 Å². The summed E-state index contributed by atoms with van der Waals surface area (Å²) in [6, 6.07) is 8.07. The predicted octanol–water partition coefficient (Wildman–Crippen LogP) is 3.43. The van der Waals surface area contributed by atoms with E-state index in [1.807, 2.05) is 42.3 Å². The minimum absolute atomic E-state index is 0.122. The summed E-state index contributed by atoms with van der Waals surface area (Å²) in [7, 11) is 0. The first-order valence-electron chi connectivity index (χ1n) is 6.56. The SMILES string of the molecule is CCC(C)N(CC)C(=O)c1cccc2[nH]ccc12. The average molecular weight is 244 g/mol. The van der Waals surface area contributed by atoms with Crippen molar-refractivity contribution in [2.24, 2.45) is 0 Å². The van der Waals surface area contributed by atoms with Crippen LogP contribution < -0.4 is 0 Å². The number of carbonyl (C=O) groups excluding carboxylic acids is 1. The van der Waals surface area contributed by atoms with Gasteiger partial charge >= 0.3 is 0 Å². The van der Waals surface area contributed by atoms with E-state index in [2.05, 4.69) is 18.8 Å². The molecule has 2 aromatic rings. The summed E-state index contributed by atoms with van der Waals surface area (Å²) >= 11 is 0. The van der Waals surface area contributed by atoms with E-state index in [4.69, 9.17) is 0 Å². The van der Waals surface area contributed by atoms with Gasteiger partial charge in [0.1, 0.15) is 0 Å². The molecule has 0 aliphatic carbocycles. The lowest BCUT2D eigenvalue weighted by molar-refractivity contribution is 0.0702. The number of amides is 1. The van der Waals surface area contributed by atoms with Gasteiger partial charge in [-0.3, -0.25) is 4.79 Å². The van der Waals surface area contributed by atoms with Crippen molar-refractivity contribution < 1.29 is 4.79 Å². The minimum atomic E-state index is 0.122. The molecule has 1 unspecified atom stereocenters. The van der Waals surface area contributed by atoms with Crippen LogP contribution in [0.2, 0.25) is 0 Å². The van der Waals surface area contributed by atoms with Crippen LogP contribution in [0, 0.1) is 0 Å². The topological polar surface area (TPSA) is 36.1 Å². The van der Waals surface area contributed by atoms with Crippen molar-refractivity contribution >= 4 is 16.8 Å². The lowest BCUT2D eigenvalue weighted by Crippen LogP contribution is -2.38. The van der Waals surface area contributed by atoms with Crippen LogP contribution in [0.4, 0.5) is 0 Å². The first-order chi connectivity index (χ1) is 8.69. The number of aromatic amines is 1. The summed E-state index contributed by atoms with van der Waals surface area (Å²) < 4.78 is 0. The summed E-state index contributed by atoms with van der Waals surface area (Å²) in [4.78, 5) is 17.7. The van der Waals surface area contributed by atoms with E-state index in [0.29, 0.717) is 0 Å². The zero-order valence-electron chi connectivity index (χ0n) is 11.2. The Balaban J connectivity index is 2.41. The van der Waals surface area contributed by atoms with Crippen molar-refractivity contribution in [2.45, 2.75) is 33.2 Å². The Morgan fingerprint density at radius 1 is 1.33 bits per heavy atom. The third kappa shape index (κ3) is 2.13. The number of carbonyl (C=O) groups is 1. The Morgan fingerprint density at radius 2 is 2.11 bits per heavy atom. The van der Waals surface area contributed by atoms with Crippen LogP contribution >= 0.6 is 0 Å². The standard InChI is InChI=1S/C15H20N2O/c1-4-11(3)17(5-2)15(18)13-7-6-8-14-12(13)9-10-16-14/h6-11,16H,4-5H2,1-3H3. The Hall–Kier alpha value is -1.77. The molecular formula is C15H20N2O. The second-order valence-electron chi connectivity index (χ2n) is 4.59. The number of nitrogens with one attached hydrogen (secondary N) is 1. The highest BCUT2D eigenvalue weighted by molar-refractivity contribution is 6.06. The van der Waals surface area contributed by atoms with E-state index in [-0.39, 0.29) is 11.9 Å². The molecule has 0 saturated heterocycles. The van der Waals surface area contributed by atoms with Crippen molar-refractivity contribution in [1.82, 2.24) is 9.88 Å². The molecule has 1 N–H and O–H groups in total. The maximum absolute atomic E-state index is 12.6. The largest absolute Gasteiger partial charge is 0.361 e. The third-order valence-electron chi connectivity index (χ3n) is 3.55. The number of fused-ring (bicyclic) bond motifs is 1. The van der Waals surface area contributed by atoms with Crippen LogP contribution in [-0.2, 0) is 0 Å². The van der Waals surface area contributed by atoms with Crippen LogP contribution in [0.5, 0.6) is 0 Å². The Labute approximate surface area is 108 Å². The van der Waals surface area contributed by atoms with Crippen molar-refractivity contribution in [3.05, 3.63) is 36.0 Å². The van der Waals surface area contributed by atoms with Gasteiger partial charge in [0, 0.05) is 35.2 Å². The van der Waals surface area contributed by atoms with E-state index in [1.54, 1.807) is 0 Å². The Morgan fingerprint density at radius 3 is 2.78 bits per heavy atom. The lowest BCUT2D eigenvalue weighted by atomic mass is 10.1. The van der Waals surface area contributed by atoms with Gasteiger partial charge in [-0.2, -0.15) is 0 Å². The summed E-state index contributed by atoms with van der Waals surface area (Å²) in [5, 5.41) is 1.00. The molecule has 2 rings (SSSR count). The van der Waals surface area contributed by atoms with Crippen LogP contribution in [0.1, 0.15) is 37.6 Å². The molecule has 96 valence electrons. The molecule has 0 aliphatic heterocycles. The number of hydrogen-bond donors (Lipinski definition) is 1. The van der Waals surface area contributed by atoms with Crippen molar-refractivity contribution in [3.8, 4) is 0 Å². The minimum Gasteiger partial charge on any atom is -0.361 e. The van der Waals surface area contributed by atoms with Crippen LogP contribution in [-0.4, -0.2) is 28.4 Å². The van der Waals surface area contributed by atoms with E-state index in [9.17, 15) is 4.79 Å². The zero-order valence-corrected chi connectivity index (χ0v) is 11.2. The monoisotopic (exact) mass is 244 g/mol. The number of benzene rings is 1. The molecule has 1 aromatic heterocycles. The zero-order chi connectivity index (χ0) is 13.1. The molecule has 0 bridgehead atoms. The van der Waals surface area contributed by atoms with Gasteiger partial charge in [0.15, 0.2) is 0 Å². The van der Waals surface area contributed by atoms with Crippen LogP contribution in [0.15, 0.2) is 30.5 Å². The Kier molecular flexibility index (Phi) is 3.70. The molecule has 1 amide bonds. The maximum atomic E-state index is 12.6. The number of rotatable bonds is 4. The fraction of sp³-hybridized carbons (Fsp3) is 0.400. The molecule has 0 fully saturated rings. The van der Waals surface area contributed by atoms with Gasteiger partial charge in [0.05, 0.1) is 0 Å². The molecule has 3 nitrogen and oxygen atoms in total. The molecule has 1 atom stereocenters. The third-order valence-corrected chi connectivity index (χ3v) is 3.55. The highest BCUT2D eigenvalue weighted by Crippen LogP contribution is 2.20. The quantitative estimate of drug-likeness (QED) is 0.878. The molecule has 0 radical (unpaired) electrons. The van der Waals surface area contributed by atoms with E-state index in [0.717, 1.165) is 29.4 Å². The van der Waals surface area contributed by atoms with Crippen LogP contribution in [0.3, 0.4) is 0 Å². The van der Waals surface area contributed by atoms with Crippen LogP contribution in [0.25, 0.3) is 10.9 Å². The van der Waals surface area contributed by atoms with Gasteiger partial charge in [0.25, 0.3) is 5.91 Å². The van der Waals surface area contributed by atoms with Crippen molar-refractivity contribution in [1.29, 1.82) is 0 Å². The molecule has 1 heterocycles. The maximum Gasteiger partial charge on any atom is 0.254 e. The fourth-order valence-electron chi connectivity index (χ4n) is 2.30. The molecule has 3 heteroatoms. The van der Waals surface area contributed by atoms with Gasteiger partial charge in [0.2, 0.25) is 0 Å². The Bertz CT molecular complexity index is 544. The summed E-state index contributed by atoms with van der Waals surface area (Å²) in [5.74, 6) is 0.122. The molecule has 0 spiro atoms. The second-order valence-corrected chi connectivity index (χ2v) is 4.59. The van der Waals surface area contributed by atoms with Gasteiger partial charge < -0.3 is 9.88 Å². The van der Waals surface area contributed by atoms with E-state index >= 15 is 0 Å². The number of H-pyrrole nitrogens is 1. The first kappa shape index (κ1) is 12.7. The van der Waals surface area contributed by atoms with Crippen molar-refractivity contribution in [2.75, 3.05) is 6.54 Å². The molecular weight excluding hydrogens is 224 g/mol. The molecule has 0 aliphatic rings. The molecule has 0 saturated carbocycles. The van der Waals surface area contributed by atoms with Gasteiger partial charge in [-0.25, -0.2) is 0 Å². The molecule has 1 aromatic carbocycles. The highest BCUT2D eigenvalue weighted by Gasteiger charge is 2.20. The van der Waals surface area contributed by atoms with Gasteiger partial charge in [-0.15, -0.1) is 0 Å². The van der Waals surface area contributed by atoms with E-state index in [1.165, 1.54) is 0 Å². The smallest absolute Gasteiger partial charge is 0.254 e. The summed E-state index contributed by atoms with van der Waals surface area (Å²) in [5.41, 5.74) is 1.80. The highest BCUT2D eigenvalue weighted by atomic mass is 16.2. The predicted molar refractivity (Wildman–Crippen MR) is 74.8 cm³/mol. The number of aromatic nitrogens is 1. The first-order valence-corrected chi connectivity index (χ1v) is 6.56. The fourth-order valence-corrected chi connectivity index (χ4v) is 2.30. The number of nitrogens with zero attached hydrogens (tertiary/aromatic N) is 1. The normalized spacial score (nSPS) is 12.6. The van der Waals surface area contributed by atoms with Gasteiger partial charge in [-0.05, 0) is 38.5 Å². The average Bonchev–Trinajstić information content (AvgIpc) is 2.87.